The van der Waals surface area contributed by atoms with Gasteiger partial charge in [-0.2, -0.15) is 0 Å². The molecule has 0 spiro atoms. The summed E-state index contributed by atoms with van der Waals surface area (Å²) in [7, 11) is 1.69. The minimum absolute atomic E-state index is 0.194. The molecule has 1 fully saturated rings. The Morgan fingerprint density at radius 2 is 2.32 bits per heavy atom. The summed E-state index contributed by atoms with van der Waals surface area (Å²) >= 11 is 0. The average Bonchev–Trinajstić information content (AvgIpc) is 2.88. The van der Waals surface area contributed by atoms with E-state index in [0.29, 0.717) is 30.4 Å². The van der Waals surface area contributed by atoms with Gasteiger partial charge in [0.05, 0.1) is 12.6 Å². The lowest BCUT2D eigenvalue weighted by Gasteiger charge is -2.13. The van der Waals surface area contributed by atoms with Crippen LogP contribution in [0.5, 0.6) is 0 Å². The maximum absolute atomic E-state index is 5.95. The summed E-state index contributed by atoms with van der Waals surface area (Å²) in [5.41, 5.74) is 8.91. The van der Waals surface area contributed by atoms with Crippen molar-refractivity contribution in [2.45, 2.75) is 31.3 Å². The van der Waals surface area contributed by atoms with E-state index in [-0.39, 0.29) is 6.04 Å². The molecule has 0 saturated heterocycles. The van der Waals surface area contributed by atoms with Crippen LogP contribution in [0.1, 0.15) is 24.0 Å². The summed E-state index contributed by atoms with van der Waals surface area (Å²) < 4.78 is 5.07. The van der Waals surface area contributed by atoms with Gasteiger partial charge in [0.15, 0.2) is 5.96 Å². The van der Waals surface area contributed by atoms with Gasteiger partial charge in [0, 0.05) is 19.1 Å². The normalized spacial score (nSPS) is 29.6. The van der Waals surface area contributed by atoms with E-state index in [2.05, 4.69) is 34.6 Å². The number of rotatable bonds is 4. The molecular weight excluding hydrogens is 238 g/mol. The number of aliphatic imine (C=N–C) groups is 1. The Labute approximate surface area is 114 Å². The summed E-state index contributed by atoms with van der Waals surface area (Å²) in [6.07, 6.45) is 1.15. The Balaban J connectivity index is 1.62. The van der Waals surface area contributed by atoms with Crippen LogP contribution in [0, 0.1) is 5.92 Å². The minimum Gasteiger partial charge on any atom is -0.383 e. The lowest BCUT2D eigenvalue weighted by atomic mass is 10.1. The van der Waals surface area contributed by atoms with Crippen molar-refractivity contribution in [1.82, 2.24) is 5.32 Å². The quantitative estimate of drug-likeness (QED) is 0.632. The van der Waals surface area contributed by atoms with Crippen molar-refractivity contribution < 1.29 is 4.74 Å². The van der Waals surface area contributed by atoms with E-state index in [0.717, 1.165) is 6.42 Å². The number of methoxy groups -OCH3 is 1. The smallest absolute Gasteiger partial charge is 0.189 e. The first-order valence-corrected chi connectivity index (χ1v) is 6.87. The van der Waals surface area contributed by atoms with E-state index in [9.17, 15) is 0 Å². The first kappa shape index (κ1) is 12.5. The summed E-state index contributed by atoms with van der Waals surface area (Å²) in [5, 5.41) is 3.17. The summed E-state index contributed by atoms with van der Waals surface area (Å²) in [6.45, 7) is 2.67. The molecular formula is C15H21N3O. The van der Waals surface area contributed by atoms with Crippen molar-refractivity contribution in [3.8, 4) is 0 Å². The average molecular weight is 259 g/mol. The zero-order valence-electron chi connectivity index (χ0n) is 11.5. The number of ether oxygens (including phenoxy) is 1. The fraction of sp³-hybridized carbons (Fsp3) is 0.533. The molecule has 4 unspecified atom stereocenters. The Morgan fingerprint density at radius 1 is 1.53 bits per heavy atom. The molecule has 0 radical (unpaired) electrons. The molecule has 3 N–H and O–H groups in total. The predicted octanol–water partition coefficient (Wildman–Crippen LogP) is 1.26. The number of guanidine groups is 1. The molecule has 0 aromatic heterocycles. The summed E-state index contributed by atoms with van der Waals surface area (Å²) in [6, 6.07) is 9.25. The highest BCUT2D eigenvalue weighted by Crippen LogP contribution is 2.57. The highest BCUT2D eigenvalue weighted by molar-refractivity contribution is 5.79. The minimum atomic E-state index is 0.194. The Kier molecular flexibility index (Phi) is 3.19. The van der Waals surface area contributed by atoms with Crippen LogP contribution in [-0.4, -0.2) is 31.8 Å². The number of nitrogens with zero attached hydrogens (tertiary/aromatic N) is 1. The zero-order chi connectivity index (χ0) is 13.4. The Bertz CT molecular complexity index is 500. The number of hydrogen-bond donors (Lipinski definition) is 2. The van der Waals surface area contributed by atoms with Crippen LogP contribution in [0.25, 0.3) is 0 Å². The van der Waals surface area contributed by atoms with Gasteiger partial charge in [-0.1, -0.05) is 24.3 Å². The van der Waals surface area contributed by atoms with E-state index in [4.69, 9.17) is 10.5 Å². The predicted molar refractivity (Wildman–Crippen MR) is 76.3 cm³/mol. The number of hydrogen-bond acceptors (Lipinski definition) is 2. The van der Waals surface area contributed by atoms with Crippen LogP contribution in [0.15, 0.2) is 29.3 Å². The molecule has 102 valence electrons. The third-order valence-electron chi connectivity index (χ3n) is 4.10. The summed E-state index contributed by atoms with van der Waals surface area (Å²) in [5.74, 6) is 1.80. The molecule has 3 rings (SSSR count). The zero-order valence-corrected chi connectivity index (χ0v) is 11.5. The van der Waals surface area contributed by atoms with Gasteiger partial charge in [0.25, 0.3) is 0 Å². The number of nitrogens with one attached hydrogen (secondary N) is 1. The Morgan fingerprint density at radius 3 is 3.11 bits per heavy atom. The number of fused-ring (bicyclic) bond motifs is 3. The largest absolute Gasteiger partial charge is 0.383 e. The van der Waals surface area contributed by atoms with Crippen molar-refractivity contribution in [3.63, 3.8) is 0 Å². The molecule has 2 aliphatic carbocycles. The molecule has 1 aromatic rings. The SMILES string of the molecule is COCC(C)NC(N)=NC1C2Cc3ccccc3C21. The maximum atomic E-state index is 5.95. The molecule has 0 bridgehead atoms. The third-order valence-corrected chi connectivity index (χ3v) is 4.10. The van der Waals surface area contributed by atoms with E-state index >= 15 is 0 Å². The van der Waals surface area contributed by atoms with Crippen LogP contribution in [-0.2, 0) is 11.2 Å². The van der Waals surface area contributed by atoms with E-state index in [1.54, 1.807) is 7.11 Å². The van der Waals surface area contributed by atoms with Gasteiger partial charge in [0.2, 0.25) is 0 Å². The van der Waals surface area contributed by atoms with Crippen LogP contribution in [0.4, 0.5) is 0 Å². The van der Waals surface area contributed by atoms with E-state index < -0.39 is 0 Å². The molecule has 4 heteroatoms. The van der Waals surface area contributed by atoms with Crippen LogP contribution >= 0.6 is 0 Å². The molecule has 19 heavy (non-hydrogen) atoms. The molecule has 2 aliphatic rings. The molecule has 4 nitrogen and oxygen atoms in total. The lowest BCUT2D eigenvalue weighted by Crippen LogP contribution is -2.41. The van der Waals surface area contributed by atoms with Crippen molar-refractivity contribution in [3.05, 3.63) is 35.4 Å². The van der Waals surface area contributed by atoms with E-state index in [1.165, 1.54) is 11.1 Å². The molecule has 4 atom stereocenters. The second-order valence-corrected chi connectivity index (χ2v) is 5.60. The van der Waals surface area contributed by atoms with Crippen LogP contribution in [0.2, 0.25) is 0 Å². The van der Waals surface area contributed by atoms with Gasteiger partial charge >= 0.3 is 0 Å². The van der Waals surface area contributed by atoms with Crippen LogP contribution in [0.3, 0.4) is 0 Å². The highest BCUT2D eigenvalue weighted by atomic mass is 16.5. The second-order valence-electron chi connectivity index (χ2n) is 5.60. The van der Waals surface area contributed by atoms with Crippen LogP contribution < -0.4 is 11.1 Å². The summed E-state index contributed by atoms with van der Waals surface area (Å²) in [4.78, 5) is 4.62. The molecule has 0 aliphatic heterocycles. The molecule has 0 heterocycles. The van der Waals surface area contributed by atoms with Gasteiger partial charge in [-0.15, -0.1) is 0 Å². The van der Waals surface area contributed by atoms with Gasteiger partial charge in [-0.25, -0.2) is 4.99 Å². The topological polar surface area (TPSA) is 59.6 Å². The van der Waals surface area contributed by atoms with Gasteiger partial charge in [-0.05, 0) is 30.4 Å². The number of nitrogens with two attached hydrogens (primary N) is 1. The standard InChI is InChI=1S/C15H21N3O/c1-9(8-19-2)17-15(16)18-14-12-7-10-5-3-4-6-11(10)13(12)14/h3-6,9,12-14H,7-8H2,1-2H3,(H3,16,17,18). The Hall–Kier alpha value is -1.55. The fourth-order valence-corrected chi connectivity index (χ4v) is 3.24. The monoisotopic (exact) mass is 259 g/mol. The fourth-order valence-electron chi connectivity index (χ4n) is 3.24. The van der Waals surface area contributed by atoms with Crippen molar-refractivity contribution in [2.75, 3.05) is 13.7 Å². The van der Waals surface area contributed by atoms with E-state index in [1.807, 2.05) is 6.92 Å². The maximum Gasteiger partial charge on any atom is 0.189 e. The molecule has 0 amide bonds. The van der Waals surface area contributed by atoms with Crippen molar-refractivity contribution >= 4 is 5.96 Å². The molecule has 1 saturated carbocycles. The number of benzene rings is 1. The molecule has 1 aromatic carbocycles. The lowest BCUT2D eigenvalue weighted by molar-refractivity contribution is 0.179. The van der Waals surface area contributed by atoms with Crippen molar-refractivity contribution in [1.29, 1.82) is 0 Å². The van der Waals surface area contributed by atoms with Crippen molar-refractivity contribution in [2.24, 2.45) is 16.6 Å². The van der Waals surface area contributed by atoms with Gasteiger partial charge in [-0.3, -0.25) is 0 Å². The first-order chi connectivity index (χ1) is 9.20. The highest BCUT2D eigenvalue weighted by Gasteiger charge is 2.55. The second kappa shape index (κ2) is 4.85. The first-order valence-electron chi connectivity index (χ1n) is 6.87. The van der Waals surface area contributed by atoms with Gasteiger partial charge in [0.1, 0.15) is 0 Å². The van der Waals surface area contributed by atoms with Gasteiger partial charge < -0.3 is 15.8 Å². The third kappa shape index (κ3) is 2.32.